The first-order valence-corrected chi connectivity index (χ1v) is 5.95. The topological polar surface area (TPSA) is 29.1 Å². The van der Waals surface area contributed by atoms with Crippen LogP contribution < -0.4 is 5.32 Å². The van der Waals surface area contributed by atoms with Crippen molar-refractivity contribution >= 4 is 5.91 Å². The molecule has 2 aromatic carbocycles. The van der Waals surface area contributed by atoms with E-state index in [-0.39, 0.29) is 12.1 Å². The number of carbonyl (C=O) groups is 1. The first-order chi connectivity index (χ1) is 9.47. The first-order valence-electron chi connectivity index (χ1n) is 5.95. The molecule has 0 aliphatic carbocycles. The minimum absolute atomic E-state index is 0.0105. The predicted octanol–water partition coefficient (Wildman–Crippen LogP) is 3.34. The van der Waals surface area contributed by atoms with Crippen LogP contribution in [0, 0.1) is 24.4 Å². The Morgan fingerprint density at radius 2 is 1.70 bits per heavy atom. The lowest BCUT2D eigenvalue weighted by molar-refractivity contribution is 0.0946. The van der Waals surface area contributed by atoms with E-state index in [0.29, 0.717) is 5.56 Å². The van der Waals surface area contributed by atoms with Gasteiger partial charge >= 0.3 is 0 Å². The molecule has 2 rings (SSSR count). The van der Waals surface area contributed by atoms with Gasteiger partial charge in [0, 0.05) is 6.54 Å². The van der Waals surface area contributed by atoms with Gasteiger partial charge in [-0.15, -0.1) is 0 Å². The van der Waals surface area contributed by atoms with E-state index in [4.69, 9.17) is 0 Å². The van der Waals surface area contributed by atoms with E-state index < -0.39 is 23.4 Å². The molecule has 0 fully saturated rings. The molecule has 104 valence electrons. The van der Waals surface area contributed by atoms with Crippen molar-refractivity contribution < 1.29 is 18.0 Å². The van der Waals surface area contributed by atoms with E-state index in [1.54, 1.807) is 13.0 Å². The van der Waals surface area contributed by atoms with Gasteiger partial charge < -0.3 is 5.32 Å². The van der Waals surface area contributed by atoms with Gasteiger partial charge in [-0.25, -0.2) is 13.2 Å². The quantitative estimate of drug-likeness (QED) is 0.917. The minimum atomic E-state index is -0.988. The number of amides is 1. The summed E-state index contributed by atoms with van der Waals surface area (Å²) >= 11 is 0. The molecular formula is C15H12F3NO. The molecule has 2 aromatic rings. The molecule has 1 N–H and O–H groups in total. The van der Waals surface area contributed by atoms with Gasteiger partial charge in [-0.2, -0.15) is 0 Å². The van der Waals surface area contributed by atoms with Gasteiger partial charge in [0.15, 0.2) is 11.6 Å². The Balaban J connectivity index is 2.08. The highest BCUT2D eigenvalue weighted by molar-refractivity contribution is 5.94. The van der Waals surface area contributed by atoms with Crippen LogP contribution in [0.3, 0.4) is 0 Å². The minimum Gasteiger partial charge on any atom is -0.348 e. The molecule has 0 aliphatic heterocycles. The summed E-state index contributed by atoms with van der Waals surface area (Å²) in [7, 11) is 0. The molecule has 1 amide bonds. The largest absolute Gasteiger partial charge is 0.348 e. The van der Waals surface area contributed by atoms with Crippen LogP contribution in [0.15, 0.2) is 36.4 Å². The fraction of sp³-hybridized carbons (Fsp3) is 0.133. The molecule has 0 saturated heterocycles. The Labute approximate surface area is 114 Å². The molecule has 0 atom stereocenters. The average Bonchev–Trinajstić information content (AvgIpc) is 2.42. The number of hydrogen-bond donors (Lipinski definition) is 1. The zero-order chi connectivity index (χ0) is 14.7. The second kappa shape index (κ2) is 5.77. The van der Waals surface area contributed by atoms with E-state index in [2.05, 4.69) is 5.32 Å². The van der Waals surface area contributed by atoms with Gasteiger partial charge in [0.25, 0.3) is 5.91 Å². The Morgan fingerprint density at radius 1 is 1.00 bits per heavy atom. The molecule has 0 aliphatic rings. The van der Waals surface area contributed by atoms with Crippen molar-refractivity contribution in [3.63, 3.8) is 0 Å². The van der Waals surface area contributed by atoms with E-state index in [9.17, 15) is 18.0 Å². The van der Waals surface area contributed by atoms with Crippen molar-refractivity contribution in [2.45, 2.75) is 13.5 Å². The van der Waals surface area contributed by atoms with Crippen LogP contribution in [0.4, 0.5) is 13.2 Å². The summed E-state index contributed by atoms with van der Waals surface area (Å²) in [5.74, 6) is -3.17. The number of carbonyl (C=O) groups excluding carboxylic acids is 1. The molecule has 2 nitrogen and oxygen atoms in total. The summed E-state index contributed by atoms with van der Waals surface area (Å²) < 4.78 is 39.2. The van der Waals surface area contributed by atoms with Crippen molar-refractivity contribution in [1.29, 1.82) is 0 Å². The molecular weight excluding hydrogens is 267 g/mol. The Kier molecular flexibility index (Phi) is 4.08. The maximum atomic E-state index is 13.5. The van der Waals surface area contributed by atoms with Crippen LogP contribution in [-0.4, -0.2) is 5.91 Å². The van der Waals surface area contributed by atoms with E-state index in [0.717, 1.165) is 17.7 Å². The highest BCUT2D eigenvalue weighted by Gasteiger charge is 2.11. The fourth-order valence-corrected chi connectivity index (χ4v) is 1.74. The average molecular weight is 279 g/mol. The van der Waals surface area contributed by atoms with E-state index in [1.165, 1.54) is 18.2 Å². The monoisotopic (exact) mass is 279 g/mol. The second-order valence-corrected chi connectivity index (χ2v) is 4.41. The molecule has 0 bridgehead atoms. The number of hydrogen-bond acceptors (Lipinski definition) is 1. The second-order valence-electron chi connectivity index (χ2n) is 4.41. The number of rotatable bonds is 3. The molecule has 0 saturated carbocycles. The van der Waals surface area contributed by atoms with Crippen molar-refractivity contribution in [3.05, 3.63) is 70.5 Å². The van der Waals surface area contributed by atoms with Gasteiger partial charge in [0.2, 0.25) is 0 Å². The third-order valence-electron chi connectivity index (χ3n) is 2.80. The maximum absolute atomic E-state index is 13.5. The molecule has 20 heavy (non-hydrogen) atoms. The zero-order valence-electron chi connectivity index (χ0n) is 10.7. The normalized spacial score (nSPS) is 10.4. The molecule has 5 heteroatoms. The molecule has 0 heterocycles. The highest BCUT2D eigenvalue weighted by atomic mass is 19.2. The molecule has 0 radical (unpaired) electrons. The smallest absolute Gasteiger partial charge is 0.254 e. The Morgan fingerprint density at radius 3 is 2.40 bits per heavy atom. The van der Waals surface area contributed by atoms with Crippen molar-refractivity contribution in [2.24, 2.45) is 0 Å². The third kappa shape index (κ3) is 3.17. The number of aryl methyl sites for hydroxylation is 1. The lowest BCUT2D eigenvalue weighted by Gasteiger charge is -2.07. The maximum Gasteiger partial charge on any atom is 0.254 e. The van der Waals surface area contributed by atoms with Crippen LogP contribution in [-0.2, 0) is 6.54 Å². The number of benzene rings is 2. The summed E-state index contributed by atoms with van der Waals surface area (Å²) in [5, 5.41) is 2.46. The summed E-state index contributed by atoms with van der Waals surface area (Å²) in [6.07, 6.45) is 0. The first kappa shape index (κ1) is 14.1. The SMILES string of the molecule is Cc1ccc(F)c(C(=O)NCc2ccc(F)c(F)c2)c1. The van der Waals surface area contributed by atoms with E-state index in [1.807, 2.05) is 0 Å². The van der Waals surface area contributed by atoms with Gasteiger partial charge in [0.1, 0.15) is 5.82 Å². The summed E-state index contributed by atoms with van der Waals surface area (Å²) in [4.78, 5) is 11.8. The predicted molar refractivity (Wildman–Crippen MR) is 68.7 cm³/mol. The molecule has 0 spiro atoms. The van der Waals surface area contributed by atoms with E-state index >= 15 is 0 Å². The van der Waals surface area contributed by atoms with Crippen LogP contribution in [0.25, 0.3) is 0 Å². The third-order valence-corrected chi connectivity index (χ3v) is 2.80. The molecule has 0 aromatic heterocycles. The van der Waals surface area contributed by atoms with Crippen LogP contribution in [0.1, 0.15) is 21.5 Å². The van der Waals surface area contributed by atoms with Gasteiger partial charge in [-0.3, -0.25) is 4.79 Å². The summed E-state index contributed by atoms with van der Waals surface area (Å²) in [6, 6.07) is 7.51. The van der Waals surface area contributed by atoms with Crippen LogP contribution >= 0.6 is 0 Å². The standard InChI is InChI=1S/C15H12F3NO/c1-9-2-4-12(16)11(6-9)15(20)19-8-10-3-5-13(17)14(18)7-10/h2-7H,8H2,1H3,(H,19,20). The van der Waals surface area contributed by atoms with Gasteiger partial charge in [-0.1, -0.05) is 17.7 Å². The Hall–Kier alpha value is -2.30. The number of nitrogens with one attached hydrogen (secondary N) is 1. The van der Waals surface area contributed by atoms with Gasteiger partial charge in [-0.05, 0) is 36.8 Å². The van der Waals surface area contributed by atoms with Crippen LogP contribution in [0.5, 0.6) is 0 Å². The summed E-state index contributed by atoms with van der Waals surface area (Å²) in [5.41, 5.74) is 1.07. The van der Waals surface area contributed by atoms with Crippen molar-refractivity contribution in [3.8, 4) is 0 Å². The molecule has 0 unspecified atom stereocenters. The number of halogens is 3. The Bertz CT molecular complexity index is 656. The van der Waals surface area contributed by atoms with Crippen molar-refractivity contribution in [1.82, 2.24) is 5.32 Å². The van der Waals surface area contributed by atoms with Crippen LogP contribution in [0.2, 0.25) is 0 Å². The lowest BCUT2D eigenvalue weighted by Crippen LogP contribution is -2.24. The highest BCUT2D eigenvalue weighted by Crippen LogP contribution is 2.11. The fourth-order valence-electron chi connectivity index (χ4n) is 1.74. The summed E-state index contributed by atoms with van der Waals surface area (Å²) in [6.45, 7) is 1.73. The van der Waals surface area contributed by atoms with Gasteiger partial charge in [0.05, 0.1) is 5.56 Å². The zero-order valence-corrected chi connectivity index (χ0v) is 10.7. The van der Waals surface area contributed by atoms with Crippen molar-refractivity contribution in [2.75, 3.05) is 0 Å². The lowest BCUT2D eigenvalue weighted by atomic mass is 10.1.